The van der Waals surface area contributed by atoms with Gasteiger partial charge in [0, 0.05) is 40.5 Å². The van der Waals surface area contributed by atoms with E-state index in [0.717, 1.165) is 36.8 Å². The van der Waals surface area contributed by atoms with Crippen molar-refractivity contribution < 1.29 is 9.59 Å². The molecule has 1 aliphatic rings. The van der Waals surface area contributed by atoms with Crippen LogP contribution in [0.25, 0.3) is 0 Å². The van der Waals surface area contributed by atoms with Crippen molar-refractivity contribution in [2.45, 2.75) is 70.0 Å². The molecule has 0 spiro atoms. The van der Waals surface area contributed by atoms with Crippen LogP contribution in [0.1, 0.15) is 68.1 Å². The molecular formula is C31H34Cl2N2O2. The number of nitrogens with one attached hydrogen (secondary N) is 1. The molecule has 1 saturated carbocycles. The first-order chi connectivity index (χ1) is 18.0. The van der Waals surface area contributed by atoms with Crippen LogP contribution < -0.4 is 5.32 Å². The zero-order valence-corrected chi connectivity index (χ0v) is 22.7. The lowest BCUT2D eigenvalue weighted by molar-refractivity contribution is -0.141. The fourth-order valence-corrected chi connectivity index (χ4v) is 5.75. The Bertz CT molecular complexity index is 1120. The molecule has 0 heterocycles. The van der Waals surface area contributed by atoms with Gasteiger partial charge < -0.3 is 10.2 Å². The molecule has 1 fully saturated rings. The first-order valence-corrected chi connectivity index (χ1v) is 13.9. The van der Waals surface area contributed by atoms with Crippen LogP contribution in [0.5, 0.6) is 0 Å². The van der Waals surface area contributed by atoms with Gasteiger partial charge in [0.25, 0.3) is 0 Å². The molecular weight excluding hydrogens is 503 g/mol. The van der Waals surface area contributed by atoms with Gasteiger partial charge in [-0.15, -0.1) is 0 Å². The third-order valence-corrected chi connectivity index (χ3v) is 7.97. The van der Waals surface area contributed by atoms with Gasteiger partial charge in [0.1, 0.15) is 6.04 Å². The molecule has 2 amide bonds. The molecule has 37 heavy (non-hydrogen) atoms. The van der Waals surface area contributed by atoms with E-state index < -0.39 is 6.04 Å². The molecule has 0 bridgehead atoms. The summed E-state index contributed by atoms with van der Waals surface area (Å²) >= 11 is 13.0. The van der Waals surface area contributed by atoms with E-state index in [9.17, 15) is 9.59 Å². The fraction of sp³-hybridized carbons (Fsp3) is 0.355. The Morgan fingerprint density at radius 1 is 0.865 bits per heavy atom. The predicted molar refractivity (Wildman–Crippen MR) is 151 cm³/mol. The van der Waals surface area contributed by atoms with Crippen LogP contribution in [0, 0.1) is 0 Å². The number of benzene rings is 3. The summed E-state index contributed by atoms with van der Waals surface area (Å²) in [7, 11) is 0. The molecule has 1 N–H and O–H groups in total. The second-order valence-electron chi connectivity index (χ2n) is 9.71. The zero-order chi connectivity index (χ0) is 26.2. The van der Waals surface area contributed by atoms with Gasteiger partial charge in [-0.2, -0.15) is 0 Å². The molecule has 4 nitrogen and oxygen atoms in total. The summed E-state index contributed by atoms with van der Waals surface area (Å²) in [5.41, 5.74) is 2.77. The lowest BCUT2D eigenvalue weighted by Gasteiger charge is -2.33. The molecule has 0 radical (unpaired) electrons. The lowest BCUT2D eigenvalue weighted by atomic mass is 9.88. The summed E-state index contributed by atoms with van der Waals surface area (Å²) in [5.74, 6) is -0.362. The maximum absolute atomic E-state index is 14.1. The second kappa shape index (κ2) is 13.1. The Morgan fingerprint density at radius 3 is 1.92 bits per heavy atom. The quantitative estimate of drug-likeness (QED) is 0.293. The number of hydrogen-bond donors (Lipinski definition) is 1. The van der Waals surface area contributed by atoms with Crippen molar-refractivity contribution in [3.63, 3.8) is 0 Å². The number of hydrogen-bond acceptors (Lipinski definition) is 2. The van der Waals surface area contributed by atoms with Gasteiger partial charge in [-0.3, -0.25) is 9.59 Å². The molecule has 194 valence electrons. The van der Waals surface area contributed by atoms with Gasteiger partial charge in [0.05, 0.1) is 0 Å². The highest BCUT2D eigenvalue weighted by atomic mass is 35.5. The number of halogens is 2. The minimum Gasteiger partial charge on any atom is -0.352 e. The van der Waals surface area contributed by atoms with E-state index in [-0.39, 0.29) is 36.7 Å². The largest absolute Gasteiger partial charge is 0.352 e. The van der Waals surface area contributed by atoms with Crippen molar-refractivity contribution in [3.05, 3.63) is 106 Å². The van der Waals surface area contributed by atoms with Gasteiger partial charge in [0.15, 0.2) is 0 Å². The number of nitrogens with zero attached hydrogens (tertiary/aromatic N) is 1. The van der Waals surface area contributed by atoms with Gasteiger partial charge in [-0.25, -0.2) is 0 Å². The van der Waals surface area contributed by atoms with E-state index in [1.165, 1.54) is 0 Å². The SMILES string of the molecule is CC[C@@H](C(=O)NC1CCCC1)N(Cc1c(Cl)cccc1Cl)C(=O)CC(c1ccccc1)c1ccccc1. The molecule has 3 aromatic rings. The van der Waals surface area contributed by atoms with Gasteiger partial charge >= 0.3 is 0 Å². The molecule has 1 atom stereocenters. The summed E-state index contributed by atoms with van der Waals surface area (Å²) in [5, 5.41) is 4.17. The van der Waals surface area contributed by atoms with Gasteiger partial charge in [0.2, 0.25) is 11.8 Å². The highest BCUT2D eigenvalue weighted by Crippen LogP contribution is 2.32. The molecule has 0 saturated heterocycles. The van der Waals surface area contributed by atoms with Gasteiger partial charge in [-0.1, -0.05) is 110 Å². The van der Waals surface area contributed by atoms with Gasteiger partial charge in [-0.05, 0) is 42.5 Å². The molecule has 4 rings (SSSR count). The van der Waals surface area contributed by atoms with E-state index in [2.05, 4.69) is 5.32 Å². The normalized spacial score (nSPS) is 14.5. The Balaban J connectivity index is 1.67. The summed E-state index contributed by atoms with van der Waals surface area (Å²) in [6.45, 7) is 2.11. The van der Waals surface area contributed by atoms with E-state index in [0.29, 0.717) is 22.0 Å². The first kappa shape index (κ1) is 27.2. The maximum Gasteiger partial charge on any atom is 0.243 e. The molecule has 3 aromatic carbocycles. The Morgan fingerprint density at radius 2 is 1.41 bits per heavy atom. The summed E-state index contributed by atoms with van der Waals surface area (Å²) in [4.78, 5) is 29.3. The maximum atomic E-state index is 14.1. The summed E-state index contributed by atoms with van der Waals surface area (Å²) < 4.78 is 0. The third-order valence-electron chi connectivity index (χ3n) is 7.26. The van der Waals surface area contributed by atoms with Crippen LogP contribution in [0.15, 0.2) is 78.9 Å². The highest BCUT2D eigenvalue weighted by Gasteiger charge is 2.33. The van der Waals surface area contributed by atoms with Crippen molar-refractivity contribution in [1.29, 1.82) is 0 Å². The second-order valence-corrected chi connectivity index (χ2v) is 10.5. The van der Waals surface area contributed by atoms with E-state index in [4.69, 9.17) is 23.2 Å². The van der Waals surface area contributed by atoms with Crippen molar-refractivity contribution in [2.75, 3.05) is 0 Å². The van der Waals surface area contributed by atoms with Crippen LogP contribution in [-0.4, -0.2) is 28.8 Å². The summed E-state index contributed by atoms with van der Waals surface area (Å²) in [6.07, 6.45) is 4.93. The van der Waals surface area contributed by atoms with Crippen LogP contribution in [-0.2, 0) is 16.1 Å². The zero-order valence-electron chi connectivity index (χ0n) is 21.2. The number of carbonyl (C=O) groups is 2. The molecule has 0 unspecified atom stereocenters. The van der Waals surface area contributed by atoms with Crippen LogP contribution in [0.4, 0.5) is 0 Å². The fourth-order valence-electron chi connectivity index (χ4n) is 5.23. The van der Waals surface area contributed by atoms with E-state index >= 15 is 0 Å². The standard InChI is InChI=1S/C31H34Cl2N2O2/c1-2-29(31(37)34-24-16-9-10-17-24)35(21-26-27(32)18-11-19-28(26)33)30(36)20-25(22-12-5-3-6-13-22)23-14-7-4-8-15-23/h3-8,11-15,18-19,24-25,29H,2,9-10,16-17,20-21H2,1H3,(H,34,37)/t29-/m0/s1. The van der Waals surface area contributed by atoms with Crippen molar-refractivity contribution >= 4 is 35.0 Å². The van der Waals surface area contributed by atoms with Crippen LogP contribution in [0.3, 0.4) is 0 Å². The topological polar surface area (TPSA) is 49.4 Å². The van der Waals surface area contributed by atoms with E-state index in [1.54, 1.807) is 23.1 Å². The minimum atomic E-state index is -0.618. The average molecular weight is 538 g/mol. The monoisotopic (exact) mass is 536 g/mol. The number of carbonyl (C=O) groups excluding carboxylic acids is 2. The minimum absolute atomic E-state index is 0.109. The molecule has 0 aromatic heterocycles. The van der Waals surface area contributed by atoms with Crippen molar-refractivity contribution in [1.82, 2.24) is 10.2 Å². The van der Waals surface area contributed by atoms with Crippen LogP contribution in [0.2, 0.25) is 10.0 Å². The average Bonchev–Trinajstić information content (AvgIpc) is 3.42. The molecule has 0 aliphatic heterocycles. The van der Waals surface area contributed by atoms with Crippen molar-refractivity contribution in [2.24, 2.45) is 0 Å². The number of amides is 2. The Labute approximate surface area is 230 Å². The first-order valence-electron chi connectivity index (χ1n) is 13.1. The predicted octanol–water partition coefficient (Wildman–Crippen LogP) is 7.38. The molecule has 6 heteroatoms. The smallest absolute Gasteiger partial charge is 0.243 e. The number of rotatable bonds is 10. The summed E-state index contributed by atoms with van der Waals surface area (Å²) in [6, 6.07) is 24.9. The van der Waals surface area contributed by atoms with Crippen LogP contribution >= 0.6 is 23.2 Å². The Hall–Kier alpha value is -2.82. The Kier molecular flexibility index (Phi) is 9.65. The molecule has 1 aliphatic carbocycles. The third kappa shape index (κ3) is 6.94. The van der Waals surface area contributed by atoms with E-state index in [1.807, 2.05) is 67.6 Å². The lowest BCUT2D eigenvalue weighted by Crippen LogP contribution is -2.51. The van der Waals surface area contributed by atoms with Crippen molar-refractivity contribution in [3.8, 4) is 0 Å². The highest BCUT2D eigenvalue weighted by molar-refractivity contribution is 6.36.